The number of hydrogen-bond donors (Lipinski definition) is 1. The Bertz CT molecular complexity index is 382. The number of benzene rings is 1. The third kappa shape index (κ3) is 3.69. The average Bonchev–Trinajstić information content (AvgIpc) is 2.26. The molecule has 4 heteroatoms. The molecule has 78 valence electrons. The zero-order valence-corrected chi connectivity index (χ0v) is 8.49. The summed E-state index contributed by atoms with van der Waals surface area (Å²) >= 11 is 0. The second-order valence-corrected chi connectivity index (χ2v) is 2.95. The van der Waals surface area contributed by atoms with Crippen LogP contribution in [0.25, 0.3) is 0 Å². The number of nitrogens with zero attached hydrogens (tertiary/aromatic N) is 1. The van der Waals surface area contributed by atoms with Crippen molar-refractivity contribution in [3.05, 3.63) is 29.8 Å². The van der Waals surface area contributed by atoms with Crippen LogP contribution < -0.4 is 5.32 Å². The van der Waals surface area contributed by atoms with E-state index in [1.807, 2.05) is 13.0 Å². The topological polar surface area (TPSA) is 62.1 Å². The Kier molecular flexibility index (Phi) is 4.17. The zero-order valence-electron chi connectivity index (χ0n) is 8.49. The third-order valence-electron chi connectivity index (χ3n) is 1.68. The van der Waals surface area contributed by atoms with E-state index in [1.54, 1.807) is 24.3 Å². The van der Waals surface area contributed by atoms with Crippen molar-refractivity contribution < 1.29 is 9.53 Å². The lowest BCUT2D eigenvalue weighted by molar-refractivity contribution is 0.161. The summed E-state index contributed by atoms with van der Waals surface area (Å²) < 4.78 is 4.84. The highest BCUT2D eigenvalue weighted by atomic mass is 16.5. The Balaban J connectivity index is 2.57. The van der Waals surface area contributed by atoms with Crippen molar-refractivity contribution in [3.63, 3.8) is 0 Å². The molecule has 4 nitrogen and oxygen atoms in total. The molecule has 0 aliphatic carbocycles. The molecule has 1 amide bonds. The van der Waals surface area contributed by atoms with Crippen LogP contribution in [-0.4, -0.2) is 12.7 Å². The molecule has 1 aromatic rings. The van der Waals surface area contributed by atoms with Crippen LogP contribution in [0.1, 0.15) is 18.9 Å². The van der Waals surface area contributed by atoms with E-state index in [4.69, 9.17) is 10.00 Å². The smallest absolute Gasteiger partial charge is 0.411 e. The number of anilines is 1. The molecule has 0 unspecified atom stereocenters. The van der Waals surface area contributed by atoms with Crippen LogP contribution in [-0.2, 0) is 4.74 Å². The van der Waals surface area contributed by atoms with E-state index in [-0.39, 0.29) is 0 Å². The normalized spacial score (nSPS) is 9.07. The fourth-order valence-electron chi connectivity index (χ4n) is 1.02. The first-order valence-corrected chi connectivity index (χ1v) is 4.70. The number of carbonyl (C=O) groups excluding carboxylic acids is 1. The summed E-state index contributed by atoms with van der Waals surface area (Å²) in [7, 11) is 0. The summed E-state index contributed by atoms with van der Waals surface area (Å²) in [5, 5.41) is 11.2. The minimum atomic E-state index is -0.494. The molecular weight excluding hydrogens is 192 g/mol. The molecular formula is C11H12N2O2. The lowest BCUT2D eigenvalue weighted by atomic mass is 10.2. The van der Waals surface area contributed by atoms with Gasteiger partial charge in [-0.3, -0.25) is 5.32 Å². The molecule has 0 radical (unpaired) electrons. The Hall–Kier alpha value is -2.02. The monoisotopic (exact) mass is 204 g/mol. The highest BCUT2D eigenvalue weighted by Gasteiger charge is 2.02. The first-order valence-electron chi connectivity index (χ1n) is 4.70. The van der Waals surface area contributed by atoms with E-state index < -0.39 is 6.09 Å². The van der Waals surface area contributed by atoms with Crippen molar-refractivity contribution in [2.45, 2.75) is 13.3 Å². The van der Waals surface area contributed by atoms with Gasteiger partial charge in [0.2, 0.25) is 0 Å². The van der Waals surface area contributed by atoms with Crippen LogP contribution in [0.3, 0.4) is 0 Å². The summed E-state index contributed by atoms with van der Waals surface area (Å²) in [4.78, 5) is 11.2. The molecule has 1 aromatic carbocycles. The minimum Gasteiger partial charge on any atom is -0.449 e. The molecule has 0 fully saturated rings. The third-order valence-corrected chi connectivity index (χ3v) is 1.68. The van der Waals surface area contributed by atoms with Crippen LogP contribution in [0, 0.1) is 11.3 Å². The van der Waals surface area contributed by atoms with Crippen molar-refractivity contribution in [3.8, 4) is 6.07 Å². The van der Waals surface area contributed by atoms with Gasteiger partial charge in [0.05, 0.1) is 18.2 Å². The number of carbonyl (C=O) groups is 1. The number of ether oxygens (including phenoxy) is 1. The average molecular weight is 204 g/mol. The quantitative estimate of drug-likeness (QED) is 0.822. The van der Waals surface area contributed by atoms with Gasteiger partial charge in [-0.25, -0.2) is 4.79 Å². The summed E-state index contributed by atoms with van der Waals surface area (Å²) in [6.07, 6.45) is 0.290. The van der Waals surface area contributed by atoms with Gasteiger partial charge in [-0.1, -0.05) is 13.0 Å². The van der Waals surface area contributed by atoms with Gasteiger partial charge in [0.25, 0.3) is 0 Å². The van der Waals surface area contributed by atoms with Gasteiger partial charge < -0.3 is 4.74 Å². The lowest BCUT2D eigenvalue weighted by Crippen LogP contribution is -2.13. The van der Waals surface area contributed by atoms with E-state index in [2.05, 4.69) is 5.32 Å². The van der Waals surface area contributed by atoms with Crippen LogP contribution in [0.2, 0.25) is 0 Å². The van der Waals surface area contributed by atoms with Crippen LogP contribution >= 0.6 is 0 Å². The molecule has 0 saturated carbocycles. The van der Waals surface area contributed by atoms with Gasteiger partial charge in [-0.15, -0.1) is 0 Å². The van der Waals surface area contributed by atoms with Gasteiger partial charge in [-0.2, -0.15) is 5.26 Å². The van der Waals surface area contributed by atoms with Crippen molar-refractivity contribution in [2.75, 3.05) is 11.9 Å². The van der Waals surface area contributed by atoms with Gasteiger partial charge in [-0.05, 0) is 24.6 Å². The lowest BCUT2D eigenvalue weighted by Gasteiger charge is -2.05. The Labute approximate surface area is 88.5 Å². The van der Waals surface area contributed by atoms with Crippen molar-refractivity contribution in [1.82, 2.24) is 0 Å². The van der Waals surface area contributed by atoms with E-state index >= 15 is 0 Å². The summed E-state index contributed by atoms with van der Waals surface area (Å²) in [5.74, 6) is 0. The van der Waals surface area contributed by atoms with Crippen molar-refractivity contribution >= 4 is 11.8 Å². The van der Waals surface area contributed by atoms with Gasteiger partial charge >= 0.3 is 6.09 Å². The number of nitrogens with one attached hydrogen (secondary N) is 1. The van der Waals surface area contributed by atoms with Crippen LogP contribution in [0.15, 0.2) is 24.3 Å². The molecule has 1 N–H and O–H groups in total. The maximum absolute atomic E-state index is 11.2. The van der Waals surface area contributed by atoms with E-state index in [0.29, 0.717) is 17.9 Å². The van der Waals surface area contributed by atoms with Gasteiger partial charge in [0.1, 0.15) is 0 Å². The molecule has 15 heavy (non-hydrogen) atoms. The van der Waals surface area contributed by atoms with Crippen LogP contribution in [0.4, 0.5) is 10.5 Å². The van der Waals surface area contributed by atoms with Crippen LogP contribution in [0.5, 0.6) is 0 Å². The second-order valence-electron chi connectivity index (χ2n) is 2.95. The largest absolute Gasteiger partial charge is 0.449 e. The summed E-state index contributed by atoms with van der Waals surface area (Å²) in [6, 6.07) is 8.66. The summed E-state index contributed by atoms with van der Waals surface area (Å²) in [5.41, 5.74) is 1.07. The first kappa shape index (κ1) is 11.1. The van der Waals surface area contributed by atoms with E-state index in [9.17, 15) is 4.79 Å². The molecule has 0 saturated heterocycles. The highest BCUT2D eigenvalue weighted by Crippen LogP contribution is 2.09. The Morgan fingerprint density at radius 2 is 2.40 bits per heavy atom. The van der Waals surface area contributed by atoms with E-state index in [1.165, 1.54) is 0 Å². The summed E-state index contributed by atoms with van der Waals surface area (Å²) in [6.45, 7) is 2.31. The Morgan fingerprint density at radius 1 is 1.60 bits per heavy atom. The maximum Gasteiger partial charge on any atom is 0.411 e. The number of hydrogen-bond acceptors (Lipinski definition) is 3. The second kappa shape index (κ2) is 5.66. The Morgan fingerprint density at radius 3 is 3.07 bits per heavy atom. The van der Waals surface area contributed by atoms with Gasteiger partial charge in [0, 0.05) is 5.69 Å². The number of rotatable bonds is 3. The highest BCUT2D eigenvalue weighted by molar-refractivity contribution is 5.84. The molecule has 0 aliphatic rings. The van der Waals surface area contributed by atoms with E-state index in [0.717, 1.165) is 6.42 Å². The minimum absolute atomic E-state index is 0.393. The molecule has 0 bridgehead atoms. The molecule has 0 aromatic heterocycles. The van der Waals surface area contributed by atoms with Crippen molar-refractivity contribution in [2.24, 2.45) is 0 Å². The molecule has 0 heterocycles. The fraction of sp³-hybridized carbons (Fsp3) is 0.273. The molecule has 0 spiro atoms. The standard InChI is InChI=1S/C11H12N2O2/c1-2-6-15-11(14)13-10-5-3-4-9(7-10)8-12/h3-5,7H,2,6H2,1H3,(H,13,14). The van der Waals surface area contributed by atoms with Crippen molar-refractivity contribution in [1.29, 1.82) is 5.26 Å². The van der Waals surface area contributed by atoms with Gasteiger partial charge in [0.15, 0.2) is 0 Å². The predicted molar refractivity (Wildman–Crippen MR) is 56.4 cm³/mol. The number of nitriles is 1. The molecule has 0 atom stereocenters. The molecule has 0 aliphatic heterocycles. The predicted octanol–water partition coefficient (Wildman–Crippen LogP) is 2.52. The SMILES string of the molecule is CCCOC(=O)Nc1cccc(C#N)c1. The molecule has 1 rings (SSSR count). The maximum atomic E-state index is 11.2. The number of amides is 1. The zero-order chi connectivity index (χ0) is 11.1. The fourth-order valence-corrected chi connectivity index (χ4v) is 1.02. The first-order chi connectivity index (χ1) is 7.26.